The summed E-state index contributed by atoms with van der Waals surface area (Å²) < 4.78 is 33.6. The van der Waals surface area contributed by atoms with E-state index in [9.17, 15) is 8.42 Å². The Morgan fingerprint density at radius 1 is 1.21 bits per heavy atom. The molecule has 0 spiro atoms. The maximum atomic E-state index is 13.1. The van der Waals surface area contributed by atoms with Crippen molar-refractivity contribution >= 4 is 37.6 Å². The molecule has 0 bridgehead atoms. The van der Waals surface area contributed by atoms with Crippen molar-refractivity contribution in [1.29, 1.82) is 0 Å². The summed E-state index contributed by atoms with van der Waals surface area (Å²) in [7, 11) is -2.05. The minimum atomic E-state index is -3.65. The smallest absolute Gasteiger partial charge is 0.245 e. The van der Waals surface area contributed by atoms with Gasteiger partial charge in [0.2, 0.25) is 10.0 Å². The molecule has 3 rings (SSSR count). The highest BCUT2D eigenvalue weighted by Crippen LogP contribution is 2.36. The van der Waals surface area contributed by atoms with Gasteiger partial charge in [-0.1, -0.05) is 39.7 Å². The zero-order chi connectivity index (χ0) is 17.3. The summed E-state index contributed by atoms with van der Waals surface area (Å²) >= 11 is 9.48. The van der Waals surface area contributed by atoms with Crippen LogP contribution in [0, 0.1) is 0 Å². The molecular formula is C17H17BrClNO3S. The number of sulfonamides is 1. The molecule has 0 unspecified atom stereocenters. The summed E-state index contributed by atoms with van der Waals surface area (Å²) in [5.74, 6) is 0.746. The average molecular weight is 431 g/mol. The lowest BCUT2D eigenvalue weighted by Crippen LogP contribution is -2.32. The maximum Gasteiger partial charge on any atom is 0.245 e. The van der Waals surface area contributed by atoms with E-state index < -0.39 is 10.0 Å². The van der Waals surface area contributed by atoms with Gasteiger partial charge in [0.1, 0.15) is 10.6 Å². The fourth-order valence-corrected chi connectivity index (χ4v) is 5.18. The number of rotatable bonds is 6. The van der Waals surface area contributed by atoms with Gasteiger partial charge in [-0.25, -0.2) is 8.42 Å². The second-order valence-electron chi connectivity index (χ2n) is 5.70. The van der Waals surface area contributed by atoms with Crippen molar-refractivity contribution in [2.45, 2.75) is 30.3 Å². The van der Waals surface area contributed by atoms with Gasteiger partial charge in [0.25, 0.3) is 0 Å². The zero-order valence-corrected chi connectivity index (χ0v) is 16.2. The molecule has 2 aromatic carbocycles. The largest absolute Gasteiger partial charge is 0.497 e. The predicted octanol–water partition coefficient (Wildman–Crippen LogP) is 4.46. The van der Waals surface area contributed by atoms with Gasteiger partial charge in [-0.2, -0.15) is 4.31 Å². The summed E-state index contributed by atoms with van der Waals surface area (Å²) in [6, 6.07) is 12.3. The van der Waals surface area contributed by atoms with E-state index in [1.807, 2.05) is 24.3 Å². The Morgan fingerprint density at radius 2 is 1.88 bits per heavy atom. The number of halogens is 2. The van der Waals surface area contributed by atoms with Gasteiger partial charge in [0.05, 0.1) is 12.1 Å². The molecule has 0 heterocycles. The van der Waals surface area contributed by atoms with Crippen LogP contribution in [0.4, 0.5) is 0 Å². The lowest BCUT2D eigenvalue weighted by Gasteiger charge is -2.23. The highest BCUT2D eigenvalue weighted by molar-refractivity contribution is 9.10. The summed E-state index contributed by atoms with van der Waals surface area (Å²) in [6.07, 6.45) is 1.76. The molecule has 0 aromatic heterocycles. The number of methoxy groups -OCH3 is 1. The van der Waals surface area contributed by atoms with Gasteiger partial charge in [-0.15, -0.1) is 0 Å². The van der Waals surface area contributed by atoms with Crippen molar-refractivity contribution in [2.75, 3.05) is 7.11 Å². The van der Waals surface area contributed by atoms with Crippen LogP contribution in [0.5, 0.6) is 5.75 Å². The van der Waals surface area contributed by atoms with Gasteiger partial charge < -0.3 is 4.74 Å². The summed E-state index contributed by atoms with van der Waals surface area (Å²) in [5.41, 5.74) is 0.916. The Balaban J connectivity index is 1.92. The normalized spacial score (nSPS) is 14.8. The molecule has 1 fully saturated rings. The van der Waals surface area contributed by atoms with Crippen LogP contribution in [0.1, 0.15) is 18.4 Å². The molecule has 128 valence electrons. The lowest BCUT2D eigenvalue weighted by molar-refractivity contribution is 0.397. The highest BCUT2D eigenvalue weighted by Gasteiger charge is 2.38. The van der Waals surface area contributed by atoms with Crippen molar-refractivity contribution in [3.05, 3.63) is 57.5 Å². The van der Waals surface area contributed by atoms with E-state index in [0.29, 0.717) is 6.54 Å². The molecular weight excluding hydrogens is 414 g/mol. The van der Waals surface area contributed by atoms with Crippen molar-refractivity contribution in [2.24, 2.45) is 0 Å². The summed E-state index contributed by atoms with van der Waals surface area (Å²) in [4.78, 5) is 0.146. The highest BCUT2D eigenvalue weighted by atomic mass is 79.9. The first-order valence-corrected chi connectivity index (χ1v) is 10.1. The Kier molecular flexibility index (Phi) is 5.20. The third-order valence-corrected chi connectivity index (χ3v) is 6.81. The van der Waals surface area contributed by atoms with E-state index in [1.165, 1.54) is 0 Å². The average Bonchev–Trinajstić information content (AvgIpc) is 3.37. The molecule has 0 saturated heterocycles. The second kappa shape index (κ2) is 7.04. The van der Waals surface area contributed by atoms with E-state index in [4.69, 9.17) is 16.3 Å². The van der Waals surface area contributed by atoms with Gasteiger partial charge >= 0.3 is 0 Å². The predicted molar refractivity (Wildman–Crippen MR) is 97.9 cm³/mol. The van der Waals surface area contributed by atoms with Gasteiger partial charge in [0, 0.05) is 17.1 Å². The van der Waals surface area contributed by atoms with Crippen LogP contribution >= 0.6 is 27.5 Å². The quantitative estimate of drug-likeness (QED) is 0.679. The molecule has 0 atom stereocenters. The molecule has 1 aliphatic rings. The number of ether oxygens (including phenoxy) is 1. The minimum absolute atomic E-state index is 0.0387. The zero-order valence-electron chi connectivity index (χ0n) is 13.1. The molecule has 0 amide bonds. The maximum absolute atomic E-state index is 13.1. The van der Waals surface area contributed by atoms with Crippen molar-refractivity contribution in [1.82, 2.24) is 4.31 Å². The molecule has 4 nitrogen and oxygen atoms in total. The molecule has 0 aliphatic heterocycles. The van der Waals surface area contributed by atoms with E-state index >= 15 is 0 Å². The van der Waals surface area contributed by atoms with Crippen LogP contribution in [0.15, 0.2) is 51.8 Å². The van der Waals surface area contributed by atoms with Crippen LogP contribution < -0.4 is 4.74 Å². The van der Waals surface area contributed by atoms with Crippen molar-refractivity contribution < 1.29 is 13.2 Å². The Labute approximate surface area is 155 Å². The number of hydrogen-bond acceptors (Lipinski definition) is 3. The molecule has 1 saturated carbocycles. The molecule has 1 aliphatic carbocycles. The third kappa shape index (κ3) is 3.77. The van der Waals surface area contributed by atoms with Crippen molar-refractivity contribution in [3.63, 3.8) is 0 Å². The SMILES string of the molecule is COc1ccc(CN(C2CC2)S(=O)(=O)c2ccc(Br)cc2Cl)cc1. The summed E-state index contributed by atoms with van der Waals surface area (Å²) in [5, 5.41) is 0.227. The number of benzene rings is 2. The van der Waals surface area contributed by atoms with Crippen LogP contribution in [0.2, 0.25) is 5.02 Å². The lowest BCUT2D eigenvalue weighted by atomic mass is 10.2. The molecule has 0 radical (unpaired) electrons. The Bertz CT molecular complexity index is 835. The number of hydrogen-bond donors (Lipinski definition) is 0. The third-order valence-electron chi connectivity index (χ3n) is 3.93. The first-order valence-electron chi connectivity index (χ1n) is 7.51. The minimum Gasteiger partial charge on any atom is -0.497 e. The standard InChI is InChI=1S/C17H17BrClNO3S/c1-23-15-7-2-12(3-8-15)11-20(14-5-6-14)24(21,22)17-9-4-13(18)10-16(17)19/h2-4,7-10,14H,5-6,11H2,1H3. The van der Waals surface area contributed by atoms with Crippen LogP contribution in [-0.2, 0) is 16.6 Å². The fourth-order valence-electron chi connectivity index (χ4n) is 2.49. The second-order valence-corrected chi connectivity index (χ2v) is 8.89. The van der Waals surface area contributed by atoms with Crippen LogP contribution in [-0.4, -0.2) is 25.9 Å². The van der Waals surface area contributed by atoms with E-state index in [1.54, 1.807) is 29.6 Å². The van der Waals surface area contributed by atoms with E-state index in [0.717, 1.165) is 28.6 Å². The number of nitrogens with zero attached hydrogens (tertiary/aromatic N) is 1. The van der Waals surface area contributed by atoms with Crippen LogP contribution in [0.25, 0.3) is 0 Å². The first kappa shape index (κ1) is 17.7. The Hall–Kier alpha value is -1.08. The first-order chi connectivity index (χ1) is 11.4. The molecule has 2 aromatic rings. The van der Waals surface area contributed by atoms with Gasteiger partial charge in [-0.05, 0) is 48.7 Å². The van der Waals surface area contributed by atoms with E-state index in [-0.39, 0.29) is 16.0 Å². The van der Waals surface area contributed by atoms with Gasteiger partial charge in [-0.3, -0.25) is 0 Å². The van der Waals surface area contributed by atoms with E-state index in [2.05, 4.69) is 15.9 Å². The summed E-state index contributed by atoms with van der Waals surface area (Å²) in [6.45, 7) is 0.323. The topological polar surface area (TPSA) is 46.6 Å². The van der Waals surface area contributed by atoms with Crippen molar-refractivity contribution in [3.8, 4) is 5.75 Å². The van der Waals surface area contributed by atoms with Gasteiger partial charge in [0.15, 0.2) is 0 Å². The molecule has 24 heavy (non-hydrogen) atoms. The Morgan fingerprint density at radius 3 is 2.42 bits per heavy atom. The van der Waals surface area contributed by atoms with Crippen LogP contribution in [0.3, 0.4) is 0 Å². The molecule has 7 heteroatoms. The molecule has 0 N–H and O–H groups in total. The fraction of sp³-hybridized carbons (Fsp3) is 0.294. The monoisotopic (exact) mass is 429 g/mol.